The Balaban J connectivity index is 2.63. The SMILES string of the molecule is COC(=O)CN/C=C(\C#N)Cc1cccc(OC)c1. The summed E-state index contributed by atoms with van der Waals surface area (Å²) in [6.07, 6.45) is 2.00. The van der Waals surface area contributed by atoms with Crippen molar-refractivity contribution < 1.29 is 14.3 Å². The summed E-state index contributed by atoms with van der Waals surface area (Å²) in [6.45, 7) is 0.0415. The summed E-state index contributed by atoms with van der Waals surface area (Å²) in [5, 5.41) is 11.8. The molecule has 0 aliphatic rings. The number of allylic oxidation sites excluding steroid dienone is 1. The van der Waals surface area contributed by atoms with Gasteiger partial charge in [0.1, 0.15) is 12.3 Å². The Labute approximate surface area is 112 Å². The summed E-state index contributed by atoms with van der Waals surface area (Å²) in [4.78, 5) is 10.9. The molecule has 0 bridgehead atoms. The Hall–Kier alpha value is -2.48. The van der Waals surface area contributed by atoms with Crippen LogP contribution in [-0.4, -0.2) is 26.7 Å². The van der Waals surface area contributed by atoms with Gasteiger partial charge in [-0.2, -0.15) is 5.26 Å². The molecular formula is C14H16N2O3. The van der Waals surface area contributed by atoms with Gasteiger partial charge in [0, 0.05) is 18.2 Å². The zero-order valence-electron chi connectivity index (χ0n) is 11.0. The van der Waals surface area contributed by atoms with E-state index < -0.39 is 0 Å². The number of ether oxygens (including phenoxy) is 2. The van der Waals surface area contributed by atoms with Crippen molar-refractivity contribution >= 4 is 5.97 Å². The lowest BCUT2D eigenvalue weighted by atomic mass is 10.1. The molecule has 0 unspecified atom stereocenters. The van der Waals surface area contributed by atoms with Gasteiger partial charge < -0.3 is 14.8 Å². The highest BCUT2D eigenvalue weighted by molar-refractivity contribution is 5.71. The second kappa shape index (κ2) is 7.77. The maximum absolute atomic E-state index is 10.9. The van der Waals surface area contributed by atoms with Gasteiger partial charge in [-0.05, 0) is 17.7 Å². The lowest BCUT2D eigenvalue weighted by Gasteiger charge is -2.04. The van der Waals surface area contributed by atoms with Crippen molar-refractivity contribution in [1.82, 2.24) is 5.32 Å². The number of esters is 1. The van der Waals surface area contributed by atoms with E-state index in [1.54, 1.807) is 7.11 Å². The molecule has 0 saturated carbocycles. The summed E-state index contributed by atoms with van der Waals surface area (Å²) < 4.78 is 9.60. The number of rotatable bonds is 6. The van der Waals surface area contributed by atoms with E-state index in [4.69, 9.17) is 10.00 Å². The lowest BCUT2D eigenvalue weighted by molar-refractivity contribution is -0.139. The maximum Gasteiger partial charge on any atom is 0.325 e. The van der Waals surface area contributed by atoms with Crippen LogP contribution in [0.1, 0.15) is 5.56 Å². The zero-order valence-corrected chi connectivity index (χ0v) is 11.0. The third-order valence-corrected chi connectivity index (χ3v) is 2.42. The van der Waals surface area contributed by atoms with E-state index >= 15 is 0 Å². The van der Waals surface area contributed by atoms with Crippen LogP contribution < -0.4 is 10.1 Å². The maximum atomic E-state index is 10.9. The Morgan fingerprint density at radius 1 is 1.47 bits per heavy atom. The minimum absolute atomic E-state index is 0.0415. The number of hydrogen-bond acceptors (Lipinski definition) is 5. The largest absolute Gasteiger partial charge is 0.497 e. The zero-order chi connectivity index (χ0) is 14.1. The summed E-state index contributed by atoms with van der Waals surface area (Å²) in [7, 11) is 2.91. The van der Waals surface area contributed by atoms with Gasteiger partial charge >= 0.3 is 5.97 Å². The molecule has 5 nitrogen and oxygen atoms in total. The van der Waals surface area contributed by atoms with E-state index in [0.717, 1.165) is 11.3 Å². The number of carbonyl (C=O) groups excluding carboxylic acids is 1. The van der Waals surface area contributed by atoms with Gasteiger partial charge in [0.15, 0.2) is 0 Å². The molecule has 0 aliphatic heterocycles. The van der Waals surface area contributed by atoms with Crippen LogP contribution in [0, 0.1) is 11.3 Å². The quantitative estimate of drug-likeness (QED) is 0.618. The second-order valence-electron chi connectivity index (χ2n) is 3.77. The van der Waals surface area contributed by atoms with E-state index in [1.807, 2.05) is 24.3 Å². The van der Waals surface area contributed by atoms with Crippen molar-refractivity contribution in [3.05, 3.63) is 41.6 Å². The Morgan fingerprint density at radius 2 is 2.26 bits per heavy atom. The topological polar surface area (TPSA) is 71.3 Å². The van der Waals surface area contributed by atoms with Crippen molar-refractivity contribution in [3.63, 3.8) is 0 Å². The predicted octanol–water partition coefficient (Wildman–Crippen LogP) is 1.41. The highest BCUT2D eigenvalue weighted by atomic mass is 16.5. The molecule has 0 spiro atoms. The van der Waals surface area contributed by atoms with Crippen LogP contribution in [0.2, 0.25) is 0 Å². The van der Waals surface area contributed by atoms with Crippen LogP contribution in [0.15, 0.2) is 36.0 Å². The van der Waals surface area contributed by atoms with Crippen molar-refractivity contribution in [2.45, 2.75) is 6.42 Å². The average molecular weight is 260 g/mol. The molecule has 0 aliphatic carbocycles. The molecular weight excluding hydrogens is 244 g/mol. The number of carbonyl (C=O) groups is 1. The van der Waals surface area contributed by atoms with E-state index in [1.165, 1.54) is 13.3 Å². The van der Waals surface area contributed by atoms with Crippen LogP contribution in [0.5, 0.6) is 5.75 Å². The molecule has 0 saturated heterocycles. The molecule has 0 heterocycles. The molecule has 100 valence electrons. The number of nitrogens with zero attached hydrogens (tertiary/aromatic N) is 1. The van der Waals surface area contributed by atoms with E-state index in [9.17, 15) is 4.79 Å². The molecule has 0 atom stereocenters. The fourth-order valence-electron chi connectivity index (χ4n) is 1.45. The summed E-state index contributed by atoms with van der Waals surface area (Å²) in [5.41, 5.74) is 1.49. The van der Waals surface area contributed by atoms with Gasteiger partial charge in [0.2, 0.25) is 0 Å². The van der Waals surface area contributed by atoms with Gasteiger partial charge in [-0.1, -0.05) is 12.1 Å². The van der Waals surface area contributed by atoms with Crippen LogP contribution >= 0.6 is 0 Å². The minimum atomic E-state index is -0.380. The molecule has 0 radical (unpaired) electrons. The number of nitriles is 1. The molecule has 1 N–H and O–H groups in total. The first-order valence-corrected chi connectivity index (χ1v) is 5.72. The van der Waals surface area contributed by atoms with Gasteiger partial charge in [-0.25, -0.2) is 0 Å². The van der Waals surface area contributed by atoms with Crippen molar-refractivity contribution in [2.24, 2.45) is 0 Å². The molecule has 1 aromatic carbocycles. The van der Waals surface area contributed by atoms with Crippen LogP contribution in [-0.2, 0) is 16.0 Å². The molecule has 5 heteroatoms. The Bertz CT molecular complexity index is 504. The van der Waals surface area contributed by atoms with Crippen molar-refractivity contribution in [3.8, 4) is 11.8 Å². The van der Waals surface area contributed by atoms with Gasteiger partial charge in [-0.3, -0.25) is 4.79 Å². The fourth-order valence-corrected chi connectivity index (χ4v) is 1.45. The second-order valence-corrected chi connectivity index (χ2v) is 3.77. The first kappa shape index (κ1) is 14.6. The monoisotopic (exact) mass is 260 g/mol. The standard InChI is InChI=1S/C14H16N2O3/c1-18-13-5-3-4-11(7-13)6-12(8-15)9-16-10-14(17)19-2/h3-5,7,9,16H,6,10H2,1-2H3/b12-9-. The van der Waals surface area contributed by atoms with Gasteiger partial charge in [0.25, 0.3) is 0 Å². The fraction of sp³-hybridized carbons (Fsp3) is 0.286. The van der Waals surface area contributed by atoms with Crippen LogP contribution in [0.3, 0.4) is 0 Å². The van der Waals surface area contributed by atoms with Gasteiger partial charge in [0.05, 0.1) is 20.3 Å². The lowest BCUT2D eigenvalue weighted by Crippen LogP contribution is -2.19. The van der Waals surface area contributed by atoms with Crippen molar-refractivity contribution in [1.29, 1.82) is 5.26 Å². The first-order chi connectivity index (χ1) is 9.19. The van der Waals surface area contributed by atoms with E-state index in [2.05, 4.69) is 16.1 Å². The van der Waals surface area contributed by atoms with Crippen LogP contribution in [0.25, 0.3) is 0 Å². The Morgan fingerprint density at radius 3 is 2.89 bits per heavy atom. The van der Waals surface area contributed by atoms with Crippen LogP contribution in [0.4, 0.5) is 0 Å². The predicted molar refractivity (Wildman–Crippen MR) is 70.4 cm³/mol. The molecule has 1 rings (SSSR count). The first-order valence-electron chi connectivity index (χ1n) is 5.72. The number of methoxy groups -OCH3 is 2. The van der Waals surface area contributed by atoms with E-state index in [0.29, 0.717) is 12.0 Å². The molecule has 0 amide bonds. The summed E-state index contributed by atoms with van der Waals surface area (Å²) in [5.74, 6) is 0.368. The molecule has 0 aromatic heterocycles. The summed E-state index contributed by atoms with van der Waals surface area (Å²) in [6, 6.07) is 9.57. The molecule has 19 heavy (non-hydrogen) atoms. The highest BCUT2D eigenvalue weighted by Gasteiger charge is 2.02. The third kappa shape index (κ3) is 5.13. The highest BCUT2D eigenvalue weighted by Crippen LogP contribution is 2.15. The molecule has 1 aromatic rings. The third-order valence-electron chi connectivity index (χ3n) is 2.42. The Kier molecular flexibility index (Phi) is 5.96. The van der Waals surface area contributed by atoms with Gasteiger partial charge in [-0.15, -0.1) is 0 Å². The number of hydrogen-bond donors (Lipinski definition) is 1. The normalized spacial score (nSPS) is 10.5. The number of nitrogens with one attached hydrogen (secondary N) is 1. The van der Waals surface area contributed by atoms with E-state index in [-0.39, 0.29) is 12.5 Å². The number of benzene rings is 1. The average Bonchev–Trinajstić information content (AvgIpc) is 2.46. The minimum Gasteiger partial charge on any atom is -0.497 e. The smallest absolute Gasteiger partial charge is 0.325 e. The molecule has 0 fully saturated rings. The summed E-state index contributed by atoms with van der Waals surface area (Å²) >= 11 is 0. The van der Waals surface area contributed by atoms with Crippen molar-refractivity contribution in [2.75, 3.05) is 20.8 Å².